The SMILES string of the molecule is Cc1cc(Cl)ccc1-c1nc(O)c(I)c(=O)[nH]1. The highest BCUT2D eigenvalue weighted by molar-refractivity contribution is 14.1. The van der Waals surface area contributed by atoms with Crippen molar-refractivity contribution in [2.45, 2.75) is 6.92 Å². The minimum atomic E-state index is -0.359. The van der Waals surface area contributed by atoms with Gasteiger partial charge in [0, 0.05) is 10.6 Å². The zero-order chi connectivity index (χ0) is 12.6. The molecule has 1 aromatic heterocycles. The topological polar surface area (TPSA) is 66.0 Å². The first kappa shape index (κ1) is 12.4. The fourth-order valence-electron chi connectivity index (χ4n) is 1.47. The van der Waals surface area contributed by atoms with Crippen molar-refractivity contribution >= 4 is 34.2 Å². The van der Waals surface area contributed by atoms with E-state index in [2.05, 4.69) is 9.97 Å². The van der Waals surface area contributed by atoms with Crippen LogP contribution in [0.25, 0.3) is 11.4 Å². The van der Waals surface area contributed by atoms with Gasteiger partial charge in [0.2, 0.25) is 5.88 Å². The van der Waals surface area contributed by atoms with E-state index in [1.807, 2.05) is 6.92 Å². The summed E-state index contributed by atoms with van der Waals surface area (Å²) in [4.78, 5) is 18.1. The molecule has 0 aliphatic rings. The summed E-state index contributed by atoms with van der Waals surface area (Å²) in [5.74, 6) is 0.0702. The Morgan fingerprint density at radius 2 is 2.18 bits per heavy atom. The number of aromatic hydroxyl groups is 1. The highest BCUT2D eigenvalue weighted by atomic mass is 127. The number of halogens is 2. The predicted octanol–water partition coefficient (Wildman–Crippen LogP) is 2.71. The number of rotatable bonds is 1. The molecule has 0 unspecified atom stereocenters. The Morgan fingerprint density at radius 1 is 1.47 bits per heavy atom. The lowest BCUT2D eigenvalue weighted by molar-refractivity contribution is 0.447. The van der Waals surface area contributed by atoms with Crippen molar-refractivity contribution in [1.29, 1.82) is 0 Å². The number of hydrogen-bond donors (Lipinski definition) is 2. The number of benzene rings is 1. The minimum absolute atomic E-state index is 0.179. The molecular weight excluding hydrogens is 354 g/mol. The van der Waals surface area contributed by atoms with Crippen LogP contribution in [0.4, 0.5) is 0 Å². The third-order valence-electron chi connectivity index (χ3n) is 2.29. The van der Waals surface area contributed by atoms with Crippen molar-refractivity contribution in [3.63, 3.8) is 0 Å². The molecule has 17 heavy (non-hydrogen) atoms. The maximum atomic E-state index is 11.5. The predicted molar refractivity (Wildman–Crippen MR) is 74.4 cm³/mol. The minimum Gasteiger partial charge on any atom is -0.492 e. The molecule has 0 saturated heterocycles. The van der Waals surface area contributed by atoms with Crippen LogP contribution in [0.3, 0.4) is 0 Å². The first-order valence-corrected chi connectivity index (χ1v) is 6.20. The molecular formula is C11H8ClIN2O2. The zero-order valence-electron chi connectivity index (χ0n) is 8.79. The molecule has 0 saturated carbocycles. The molecule has 2 aromatic rings. The van der Waals surface area contributed by atoms with Crippen LogP contribution in [0.15, 0.2) is 23.0 Å². The highest BCUT2D eigenvalue weighted by Gasteiger charge is 2.10. The maximum absolute atomic E-state index is 11.5. The number of aryl methyl sites for hydroxylation is 1. The van der Waals surface area contributed by atoms with Crippen molar-refractivity contribution in [1.82, 2.24) is 9.97 Å². The van der Waals surface area contributed by atoms with E-state index in [0.717, 1.165) is 11.1 Å². The Bertz CT molecular complexity index is 640. The number of nitrogens with one attached hydrogen (secondary N) is 1. The van der Waals surface area contributed by atoms with Crippen molar-refractivity contribution in [2.24, 2.45) is 0 Å². The van der Waals surface area contributed by atoms with Crippen molar-refractivity contribution in [3.05, 3.63) is 42.7 Å². The van der Waals surface area contributed by atoms with Gasteiger partial charge in [0.05, 0.1) is 0 Å². The molecule has 0 spiro atoms. The normalized spacial score (nSPS) is 10.5. The lowest BCUT2D eigenvalue weighted by Gasteiger charge is -2.06. The van der Waals surface area contributed by atoms with Crippen LogP contribution in [0.5, 0.6) is 5.88 Å². The monoisotopic (exact) mass is 362 g/mol. The number of aromatic nitrogens is 2. The van der Waals surface area contributed by atoms with Crippen molar-refractivity contribution < 1.29 is 5.11 Å². The summed E-state index contributed by atoms with van der Waals surface area (Å²) in [6.07, 6.45) is 0. The standard InChI is InChI=1S/C11H8ClIN2O2/c1-5-4-6(12)2-3-7(5)9-14-10(16)8(13)11(17)15-9/h2-4H,1H3,(H2,14,15,16,17). The molecule has 2 N–H and O–H groups in total. The Kier molecular flexibility index (Phi) is 3.39. The largest absolute Gasteiger partial charge is 0.492 e. The van der Waals surface area contributed by atoms with Gasteiger partial charge >= 0.3 is 0 Å². The first-order valence-electron chi connectivity index (χ1n) is 4.74. The molecule has 0 bridgehead atoms. The molecule has 1 aromatic carbocycles. The van der Waals surface area contributed by atoms with Gasteiger partial charge in [0.25, 0.3) is 5.56 Å². The van der Waals surface area contributed by atoms with Crippen LogP contribution in [0.1, 0.15) is 5.56 Å². The molecule has 0 fully saturated rings. The highest BCUT2D eigenvalue weighted by Crippen LogP contribution is 2.24. The van der Waals surface area contributed by atoms with Crippen LogP contribution < -0.4 is 5.56 Å². The van der Waals surface area contributed by atoms with Crippen LogP contribution in [-0.2, 0) is 0 Å². The number of aromatic amines is 1. The van der Waals surface area contributed by atoms with E-state index in [1.165, 1.54) is 0 Å². The second-order valence-corrected chi connectivity index (χ2v) is 5.03. The molecule has 0 radical (unpaired) electrons. The third kappa shape index (κ3) is 2.44. The van der Waals surface area contributed by atoms with Gasteiger partial charge in [-0.2, -0.15) is 4.98 Å². The van der Waals surface area contributed by atoms with Gasteiger partial charge in [-0.25, -0.2) is 0 Å². The van der Waals surface area contributed by atoms with Crippen LogP contribution in [-0.4, -0.2) is 15.1 Å². The average molecular weight is 363 g/mol. The smallest absolute Gasteiger partial charge is 0.268 e. The van der Waals surface area contributed by atoms with E-state index in [-0.39, 0.29) is 15.0 Å². The summed E-state index contributed by atoms with van der Waals surface area (Å²) in [6.45, 7) is 1.86. The number of hydrogen-bond acceptors (Lipinski definition) is 3. The molecule has 88 valence electrons. The van der Waals surface area contributed by atoms with Crippen LogP contribution in [0, 0.1) is 10.5 Å². The molecule has 0 atom stereocenters. The zero-order valence-corrected chi connectivity index (χ0v) is 11.7. The summed E-state index contributed by atoms with van der Waals surface area (Å²) in [6, 6.07) is 5.23. The van der Waals surface area contributed by atoms with Crippen LogP contribution in [0.2, 0.25) is 5.02 Å². The Labute approximate surface area is 116 Å². The fourth-order valence-corrected chi connectivity index (χ4v) is 1.95. The summed E-state index contributed by atoms with van der Waals surface area (Å²) in [7, 11) is 0. The lowest BCUT2D eigenvalue weighted by Crippen LogP contribution is -2.12. The molecule has 0 amide bonds. The summed E-state index contributed by atoms with van der Waals surface area (Å²) in [5.41, 5.74) is 1.25. The Hall–Kier alpha value is -1.08. The van der Waals surface area contributed by atoms with Gasteiger partial charge in [-0.3, -0.25) is 4.79 Å². The molecule has 6 heteroatoms. The average Bonchev–Trinajstić information content (AvgIpc) is 2.25. The van der Waals surface area contributed by atoms with Gasteiger partial charge in [-0.15, -0.1) is 0 Å². The van der Waals surface area contributed by atoms with E-state index in [9.17, 15) is 9.90 Å². The molecule has 0 aliphatic heterocycles. The van der Waals surface area contributed by atoms with Gasteiger partial charge in [0.15, 0.2) is 0 Å². The van der Waals surface area contributed by atoms with Crippen LogP contribution >= 0.6 is 34.2 Å². The van der Waals surface area contributed by atoms with Gasteiger partial charge in [-0.05, 0) is 53.3 Å². The molecule has 2 rings (SSSR count). The lowest BCUT2D eigenvalue weighted by atomic mass is 10.1. The summed E-state index contributed by atoms with van der Waals surface area (Å²) >= 11 is 7.59. The van der Waals surface area contributed by atoms with E-state index in [0.29, 0.717) is 10.8 Å². The summed E-state index contributed by atoms with van der Waals surface area (Å²) in [5, 5.41) is 10.1. The second kappa shape index (κ2) is 4.66. The number of H-pyrrole nitrogens is 1. The first-order chi connectivity index (χ1) is 7.99. The van der Waals surface area contributed by atoms with Crippen molar-refractivity contribution in [2.75, 3.05) is 0 Å². The maximum Gasteiger partial charge on any atom is 0.268 e. The van der Waals surface area contributed by atoms with Gasteiger partial charge in [0.1, 0.15) is 9.39 Å². The second-order valence-electron chi connectivity index (χ2n) is 3.51. The molecule has 0 aliphatic carbocycles. The molecule has 1 heterocycles. The van der Waals surface area contributed by atoms with Crippen molar-refractivity contribution in [3.8, 4) is 17.3 Å². The molecule has 4 nitrogen and oxygen atoms in total. The summed E-state index contributed by atoms with van der Waals surface area (Å²) < 4.78 is 0.179. The quantitative estimate of drug-likeness (QED) is 0.767. The van der Waals surface area contributed by atoms with E-state index in [4.69, 9.17) is 11.6 Å². The van der Waals surface area contributed by atoms with Gasteiger partial charge < -0.3 is 10.1 Å². The van der Waals surface area contributed by atoms with E-state index < -0.39 is 0 Å². The van der Waals surface area contributed by atoms with E-state index in [1.54, 1.807) is 40.8 Å². The fraction of sp³-hybridized carbons (Fsp3) is 0.0909. The Morgan fingerprint density at radius 3 is 2.76 bits per heavy atom. The van der Waals surface area contributed by atoms with E-state index >= 15 is 0 Å². The Balaban J connectivity index is 2.65. The third-order valence-corrected chi connectivity index (χ3v) is 3.50. The van der Waals surface area contributed by atoms with Gasteiger partial charge in [-0.1, -0.05) is 11.6 Å². The number of nitrogens with zero attached hydrogens (tertiary/aromatic N) is 1.